The second-order valence-corrected chi connectivity index (χ2v) is 7.10. The lowest BCUT2D eigenvalue weighted by molar-refractivity contribution is 0.402. The Bertz CT molecular complexity index is 505. The van der Waals surface area contributed by atoms with Crippen molar-refractivity contribution in [1.82, 2.24) is 5.32 Å². The summed E-state index contributed by atoms with van der Waals surface area (Å²) < 4.78 is 22.7. The number of hydrogen-bond acceptors (Lipinski definition) is 3. The predicted molar refractivity (Wildman–Crippen MR) is 79.8 cm³/mol. The fourth-order valence-electron chi connectivity index (χ4n) is 1.80. The minimum Gasteiger partial charge on any atom is -0.310 e. The normalized spacial score (nSPS) is 14.9. The molecule has 0 heterocycles. The molecular weight excluding hydrogens is 258 g/mol. The lowest BCUT2D eigenvalue weighted by Gasteiger charge is -2.20. The van der Waals surface area contributed by atoms with E-state index in [9.17, 15) is 8.42 Å². The van der Waals surface area contributed by atoms with E-state index in [4.69, 9.17) is 0 Å². The van der Waals surface area contributed by atoms with Crippen molar-refractivity contribution in [3.05, 3.63) is 42.5 Å². The van der Waals surface area contributed by atoms with Gasteiger partial charge in [-0.05, 0) is 37.0 Å². The standard InChI is InChI=1S/C15H23NO2S/c1-5-6-12(2)13(3)16-11-14-7-9-15(10-8-14)19(4,17)18/h5,7-10,12-13,16H,1,6,11H2,2-4H3/t12-,13-/m0/s1. The molecule has 0 amide bonds. The van der Waals surface area contributed by atoms with Crippen LogP contribution in [0, 0.1) is 5.92 Å². The highest BCUT2D eigenvalue weighted by Gasteiger charge is 2.10. The lowest BCUT2D eigenvalue weighted by atomic mass is 10.00. The lowest BCUT2D eigenvalue weighted by Crippen LogP contribution is -2.31. The first-order valence-electron chi connectivity index (χ1n) is 6.48. The summed E-state index contributed by atoms with van der Waals surface area (Å²) in [6.45, 7) is 8.83. The zero-order valence-electron chi connectivity index (χ0n) is 11.9. The van der Waals surface area contributed by atoms with Crippen molar-refractivity contribution >= 4 is 9.84 Å². The van der Waals surface area contributed by atoms with Crippen LogP contribution in [0.4, 0.5) is 0 Å². The van der Waals surface area contributed by atoms with Crippen LogP contribution in [-0.4, -0.2) is 20.7 Å². The van der Waals surface area contributed by atoms with Crippen molar-refractivity contribution in [2.45, 2.75) is 37.8 Å². The Morgan fingerprint density at radius 3 is 2.32 bits per heavy atom. The van der Waals surface area contributed by atoms with Gasteiger partial charge in [0.25, 0.3) is 0 Å². The average Bonchev–Trinajstić information content (AvgIpc) is 2.35. The third kappa shape index (κ3) is 5.17. The van der Waals surface area contributed by atoms with E-state index < -0.39 is 9.84 Å². The summed E-state index contributed by atoms with van der Waals surface area (Å²) in [5.41, 5.74) is 1.09. The molecule has 1 aromatic carbocycles. The molecule has 106 valence electrons. The molecule has 0 saturated carbocycles. The van der Waals surface area contributed by atoms with Gasteiger partial charge in [-0.15, -0.1) is 6.58 Å². The molecule has 0 aromatic heterocycles. The maximum absolute atomic E-state index is 11.3. The monoisotopic (exact) mass is 281 g/mol. The predicted octanol–water partition coefficient (Wildman–Crippen LogP) is 2.78. The van der Waals surface area contributed by atoms with E-state index in [-0.39, 0.29) is 0 Å². The number of hydrogen-bond donors (Lipinski definition) is 1. The molecular formula is C15H23NO2S. The summed E-state index contributed by atoms with van der Waals surface area (Å²) in [6, 6.07) is 7.42. The van der Waals surface area contributed by atoms with Gasteiger partial charge in [0.05, 0.1) is 4.90 Å². The highest BCUT2D eigenvalue weighted by Crippen LogP contribution is 2.12. The van der Waals surface area contributed by atoms with Crippen LogP contribution in [0.1, 0.15) is 25.8 Å². The summed E-state index contributed by atoms with van der Waals surface area (Å²) in [5, 5.41) is 3.44. The molecule has 0 spiro atoms. The highest BCUT2D eigenvalue weighted by atomic mass is 32.2. The highest BCUT2D eigenvalue weighted by molar-refractivity contribution is 7.90. The molecule has 0 radical (unpaired) electrons. The molecule has 1 aromatic rings. The molecule has 3 nitrogen and oxygen atoms in total. The quantitative estimate of drug-likeness (QED) is 0.782. The first-order valence-corrected chi connectivity index (χ1v) is 8.37. The SMILES string of the molecule is C=CC[C@H](C)[C@H](C)NCc1ccc(S(C)(=O)=O)cc1. The molecule has 1 rings (SSSR count). The van der Waals surface area contributed by atoms with Crippen molar-refractivity contribution in [3.63, 3.8) is 0 Å². The van der Waals surface area contributed by atoms with Crippen LogP contribution in [0.25, 0.3) is 0 Å². The Labute approximate surface area is 116 Å². The maximum Gasteiger partial charge on any atom is 0.175 e. The fourth-order valence-corrected chi connectivity index (χ4v) is 2.43. The van der Waals surface area contributed by atoms with Gasteiger partial charge in [-0.25, -0.2) is 8.42 Å². The molecule has 0 aliphatic rings. The summed E-state index contributed by atoms with van der Waals surface area (Å²) in [4.78, 5) is 0.365. The van der Waals surface area contributed by atoms with Crippen molar-refractivity contribution in [1.29, 1.82) is 0 Å². The van der Waals surface area contributed by atoms with Gasteiger partial charge in [0, 0.05) is 18.8 Å². The Hall–Kier alpha value is -1.13. The smallest absolute Gasteiger partial charge is 0.175 e. The van der Waals surface area contributed by atoms with E-state index in [2.05, 4.69) is 25.7 Å². The number of benzene rings is 1. The largest absolute Gasteiger partial charge is 0.310 e. The summed E-state index contributed by atoms with van der Waals surface area (Å²) >= 11 is 0. The number of allylic oxidation sites excluding steroid dienone is 1. The van der Waals surface area contributed by atoms with Crippen LogP contribution >= 0.6 is 0 Å². The zero-order chi connectivity index (χ0) is 14.5. The second-order valence-electron chi connectivity index (χ2n) is 5.09. The summed E-state index contributed by atoms with van der Waals surface area (Å²) in [5.74, 6) is 0.535. The first-order chi connectivity index (χ1) is 8.84. The topological polar surface area (TPSA) is 46.2 Å². The van der Waals surface area contributed by atoms with Gasteiger partial charge in [-0.1, -0.05) is 25.1 Å². The van der Waals surface area contributed by atoms with Gasteiger partial charge in [0.2, 0.25) is 0 Å². The van der Waals surface area contributed by atoms with Crippen molar-refractivity contribution in [3.8, 4) is 0 Å². The van der Waals surface area contributed by atoms with Crippen molar-refractivity contribution in [2.75, 3.05) is 6.26 Å². The van der Waals surface area contributed by atoms with E-state index in [1.54, 1.807) is 12.1 Å². The first kappa shape index (κ1) is 15.9. The van der Waals surface area contributed by atoms with Gasteiger partial charge >= 0.3 is 0 Å². The van der Waals surface area contributed by atoms with Gasteiger partial charge in [0.1, 0.15) is 0 Å². The molecule has 2 atom stereocenters. The Kier molecular flexibility index (Phi) is 5.76. The third-order valence-electron chi connectivity index (χ3n) is 3.37. The maximum atomic E-state index is 11.3. The van der Waals surface area contributed by atoms with Gasteiger partial charge in [0.15, 0.2) is 9.84 Å². The summed E-state index contributed by atoms with van der Waals surface area (Å²) in [6.07, 6.45) is 4.14. The van der Waals surface area contributed by atoms with E-state index in [0.717, 1.165) is 18.5 Å². The molecule has 1 N–H and O–H groups in total. The van der Waals surface area contributed by atoms with Crippen LogP contribution in [-0.2, 0) is 16.4 Å². The molecule has 0 saturated heterocycles. The van der Waals surface area contributed by atoms with E-state index >= 15 is 0 Å². The van der Waals surface area contributed by atoms with Crippen LogP contribution < -0.4 is 5.32 Å². The average molecular weight is 281 g/mol. The molecule has 0 fully saturated rings. The van der Waals surface area contributed by atoms with Crippen molar-refractivity contribution in [2.24, 2.45) is 5.92 Å². The minimum atomic E-state index is -3.10. The summed E-state index contributed by atoms with van der Waals surface area (Å²) in [7, 11) is -3.10. The third-order valence-corrected chi connectivity index (χ3v) is 4.50. The van der Waals surface area contributed by atoms with E-state index in [1.165, 1.54) is 6.26 Å². The van der Waals surface area contributed by atoms with Crippen LogP contribution in [0.15, 0.2) is 41.8 Å². The minimum absolute atomic E-state index is 0.365. The van der Waals surface area contributed by atoms with E-state index in [0.29, 0.717) is 16.9 Å². The Morgan fingerprint density at radius 2 is 1.84 bits per heavy atom. The number of nitrogens with one attached hydrogen (secondary N) is 1. The second kappa shape index (κ2) is 6.87. The molecule has 0 aliphatic carbocycles. The van der Waals surface area contributed by atoms with Gasteiger partial charge in [-0.2, -0.15) is 0 Å². The molecule has 4 heteroatoms. The zero-order valence-corrected chi connectivity index (χ0v) is 12.7. The molecule has 19 heavy (non-hydrogen) atoms. The number of rotatable bonds is 7. The molecule has 0 bridgehead atoms. The van der Waals surface area contributed by atoms with Crippen LogP contribution in [0.2, 0.25) is 0 Å². The van der Waals surface area contributed by atoms with Gasteiger partial charge in [-0.3, -0.25) is 0 Å². The Balaban J connectivity index is 2.57. The van der Waals surface area contributed by atoms with Crippen LogP contribution in [0.5, 0.6) is 0 Å². The van der Waals surface area contributed by atoms with E-state index in [1.807, 2.05) is 18.2 Å². The van der Waals surface area contributed by atoms with Crippen molar-refractivity contribution < 1.29 is 8.42 Å². The van der Waals surface area contributed by atoms with Gasteiger partial charge < -0.3 is 5.32 Å². The molecule has 0 aliphatic heterocycles. The molecule has 0 unspecified atom stereocenters. The Morgan fingerprint density at radius 1 is 1.26 bits per heavy atom. The fraction of sp³-hybridized carbons (Fsp3) is 0.467. The van der Waals surface area contributed by atoms with Crippen LogP contribution in [0.3, 0.4) is 0 Å². The number of sulfone groups is 1.